The monoisotopic (exact) mass is 676 g/mol. The Bertz CT molecular complexity index is 2320. The number of hydrogen-bond acceptors (Lipinski definition) is 8. The minimum Gasteiger partial charge on any atom is -0.450 e. The van der Waals surface area contributed by atoms with E-state index in [0.717, 1.165) is 22.3 Å². The summed E-state index contributed by atoms with van der Waals surface area (Å²) in [6.07, 6.45) is 0. The lowest BCUT2D eigenvalue weighted by Crippen LogP contribution is -2.53. The summed E-state index contributed by atoms with van der Waals surface area (Å²) in [4.78, 5) is 47.3. The Morgan fingerprint density at radius 1 is 0.915 bits per heavy atom. The maximum absolute atomic E-state index is 15.2. The Morgan fingerprint density at radius 3 is 2.49 bits per heavy atom. The van der Waals surface area contributed by atoms with Gasteiger partial charge in [0, 0.05) is 16.3 Å². The average molecular weight is 677 g/mol. The third-order valence-electron chi connectivity index (χ3n) is 8.73. The second-order valence-corrected chi connectivity index (χ2v) is 14.2. The van der Waals surface area contributed by atoms with Gasteiger partial charge in [0.25, 0.3) is 11.8 Å². The first kappa shape index (κ1) is 29.6. The smallest absolute Gasteiger partial charge is 0.297 e. The van der Waals surface area contributed by atoms with Crippen molar-refractivity contribution in [1.29, 1.82) is 0 Å². The summed E-state index contributed by atoms with van der Waals surface area (Å²) in [5.74, 6) is -0.621. The lowest BCUT2D eigenvalue weighted by Gasteiger charge is -2.32. The van der Waals surface area contributed by atoms with Gasteiger partial charge < -0.3 is 9.32 Å². The van der Waals surface area contributed by atoms with Gasteiger partial charge in [-0.3, -0.25) is 19.3 Å². The maximum Gasteiger partial charge on any atom is 0.297 e. The highest BCUT2D eigenvalue weighted by Crippen LogP contribution is 2.55. The topological polar surface area (TPSA) is 96.6 Å². The van der Waals surface area contributed by atoms with Gasteiger partial charge in [0.15, 0.2) is 15.3 Å². The van der Waals surface area contributed by atoms with E-state index in [1.54, 1.807) is 23.1 Å². The standard InChI is InChI=1S/C36H25ClN4O4S2/c1-20-11-16-28-25(17-20)30(42)29-31(45-28)32(43)41(34-38-39-35(47-34)46-19-22-12-14-24(37)15-13-22)36(29)26-9-5-6-10-27(26)40(33(36)44)18-23-8-4-3-7-21(23)2/h3-17H,18-19H2,1-2H3. The molecule has 8 nitrogen and oxygen atoms in total. The first-order valence-corrected chi connectivity index (χ1v) is 17.0. The quantitative estimate of drug-likeness (QED) is 0.132. The third-order valence-corrected chi connectivity index (χ3v) is 11.1. The second kappa shape index (κ2) is 11.2. The number of aromatic nitrogens is 2. The molecule has 4 aromatic carbocycles. The minimum atomic E-state index is -1.85. The van der Waals surface area contributed by atoms with Crippen LogP contribution in [-0.4, -0.2) is 22.0 Å². The molecule has 0 radical (unpaired) electrons. The lowest BCUT2D eigenvalue weighted by molar-refractivity contribution is -0.121. The van der Waals surface area contributed by atoms with Crippen molar-refractivity contribution >= 4 is 68.3 Å². The Labute approximate surface area is 282 Å². The van der Waals surface area contributed by atoms with Crippen molar-refractivity contribution in [3.8, 4) is 0 Å². The number of para-hydroxylation sites is 1. The highest BCUT2D eigenvalue weighted by molar-refractivity contribution is 8.00. The van der Waals surface area contributed by atoms with E-state index < -0.39 is 22.8 Å². The number of anilines is 2. The van der Waals surface area contributed by atoms with E-state index in [0.29, 0.717) is 31.8 Å². The van der Waals surface area contributed by atoms with Crippen molar-refractivity contribution in [1.82, 2.24) is 10.2 Å². The van der Waals surface area contributed by atoms with Crippen LogP contribution < -0.4 is 15.2 Å². The highest BCUT2D eigenvalue weighted by atomic mass is 35.5. The molecule has 0 saturated carbocycles. The molecule has 8 rings (SSSR count). The van der Waals surface area contributed by atoms with Crippen LogP contribution in [0.3, 0.4) is 0 Å². The summed E-state index contributed by atoms with van der Waals surface area (Å²) in [5.41, 5.74) is 2.98. The molecule has 0 saturated heterocycles. The van der Waals surface area contributed by atoms with Crippen LogP contribution >= 0.6 is 34.7 Å². The van der Waals surface area contributed by atoms with E-state index >= 15 is 4.79 Å². The molecule has 0 bridgehead atoms. The number of fused-ring (bicyclic) bond motifs is 5. The number of halogens is 1. The third kappa shape index (κ3) is 4.54. The first-order chi connectivity index (χ1) is 22.8. The fourth-order valence-corrected chi connectivity index (χ4v) is 8.44. The molecule has 6 aromatic rings. The lowest BCUT2D eigenvalue weighted by atomic mass is 9.84. The number of carbonyl (C=O) groups excluding carboxylic acids is 2. The fourth-order valence-electron chi connectivity index (χ4n) is 6.47. The van der Waals surface area contributed by atoms with Crippen molar-refractivity contribution in [2.45, 2.75) is 36.0 Å². The molecule has 232 valence electrons. The number of amides is 2. The van der Waals surface area contributed by atoms with Crippen molar-refractivity contribution in [3.05, 3.63) is 145 Å². The van der Waals surface area contributed by atoms with Crippen molar-refractivity contribution in [2.24, 2.45) is 0 Å². The predicted molar refractivity (Wildman–Crippen MR) is 185 cm³/mol. The molecule has 1 atom stereocenters. The maximum atomic E-state index is 15.2. The van der Waals surface area contributed by atoms with E-state index in [1.165, 1.54) is 28.0 Å². The Hall–Kier alpha value is -4.77. The molecule has 1 unspecified atom stereocenters. The normalized spacial score (nSPS) is 16.8. The van der Waals surface area contributed by atoms with Crippen molar-refractivity contribution in [3.63, 3.8) is 0 Å². The van der Waals surface area contributed by atoms with Gasteiger partial charge in [-0.2, -0.15) is 0 Å². The fraction of sp³-hybridized carbons (Fsp3) is 0.139. The molecule has 4 heterocycles. The highest BCUT2D eigenvalue weighted by Gasteiger charge is 2.66. The van der Waals surface area contributed by atoms with Crippen LogP contribution in [0.2, 0.25) is 5.02 Å². The van der Waals surface area contributed by atoms with Gasteiger partial charge in [-0.15, -0.1) is 10.2 Å². The van der Waals surface area contributed by atoms with Gasteiger partial charge in [0.2, 0.25) is 10.9 Å². The van der Waals surface area contributed by atoms with E-state index in [4.69, 9.17) is 16.0 Å². The molecule has 2 aliphatic heterocycles. The molecule has 2 aliphatic rings. The number of aryl methyl sites for hydroxylation is 2. The summed E-state index contributed by atoms with van der Waals surface area (Å²) in [6, 6.07) is 27.9. The number of rotatable bonds is 6. The number of carbonyl (C=O) groups is 2. The van der Waals surface area contributed by atoms with E-state index in [-0.39, 0.29) is 28.6 Å². The van der Waals surface area contributed by atoms with Crippen molar-refractivity contribution < 1.29 is 14.0 Å². The Balaban J connectivity index is 1.32. The number of benzene rings is 4. The van der Waals surface area contributed by atoms with Crippen LogP contribution in [0.5, 0.6) is 0 Å². The van der Waals surface area contributed by atoms with Crippen molar-refractivity contribution in [2.75, 3.05) is 9.80 Å². The average Bonchev–Trinajstić information content (AvgIpc) is 3.71. The summed E-state index contributed by atoms with van der Waals surface area (Å²) < 4.78 is 6.83. The summed E-state index contributed by atoms with van der Waals surface area (Å²) in [6.45, 7) is 4.12. The van der Waals surface area contributed by atoms with Gasteiger partial charge in [-0.1, -0.05) is 101 Å². The van der Waals surface area contributed by atoms with Gasteiger partial charge >= 0.3 is 0 Å². The SMILES string of the molecule is Cc1ccc2oc3c(c(=O)c2c1)C1(C(=O)N(Cc2ccccc2C)c2ccccc21)N(c1nnc(SCc2ccc(Cl)cc2)s1)C3=O. The van der Waals surface area contributed by atoms with Gasteiger partial charge in [0.1, 0.15) is 5.58 Å². The Kier molecular flexibility index (Phi) is 7.05. The number of hydrogen-bond donors (Lipinski definition) is 0. The van der Waals surface area contributed by atoms with E-state index in [1.807, 2.05) is 86.6 Å². The van der Waals surface area contributed by atoms with Crippen LogP contribution in [0.15, 0.2) is 105 Å². The van der Waals surface area contributed by atoms with Gasteiger partial charge in [-0.25, -0.2) is 0 Å². The molecule has 0 N–H and O–H groups in total. The molecule has 2 amide bonds. The van der Waals surface area contributed by atoms with Crippen LogP contribution in [-0.2, 0) is 22.6 Å². The first-order valence-electron chi connectivity index (χ1n) is 14.9. The van der Waals surface area contributed by atoms with Crippen LogP contribution in [0.25, 0.3) is 11.0 Å². The van der Waals surface area contributed by atoms with Crippen LogP contribution in [0.1, 0.15) is 43.9 Å². The Morgan fingerprint density at radius 2 is 1.68 bits per heavy atom. The van der Waals surface area contributed by atoms with Gasteiger partial charge in [0.05, 0.1) is 23.2 Å². The minimum absolute atomic E-state index is 0.00380. The zero-order valence-corrected chi connectivity index (χ0v) is 27.6. The molecular formula is C36H25ClN4O4S2. The summed E-state index contributed by atoms with van der Waals surface area (Å²) in [7, 11) is 0. The van der Waals surface area contributed by atoms with E-state index in [2.05, 4.69) is 10.2 Å². The molecule has 0 fully saturated rings. The molecule has 1 spiro atoms. The molecule has 0 aliphatic carbocycles. The summed E-state index contributed by atoms with van der Waals surface area (Å²) >= 11 is 8.70. The van der Waals surface area contributed by atoms with Gasteiger partial charge in [-0.05, 0) is 60.9 Å². The molecular weight excluding hydrogens is 652 g/mol. The van der Waals surface area contributed by atoms with Crippen LogP contribution in [0, 0.1) is 13.8 Å². The molecule has 47 heavy (non-hydrogen) atoms. The number of thioether (sulfide) groups is 1. The largest absolute Gasteiger partial charge is 0.450 e. The predicted octanol–water partition coefficient (Wildman–Crippen LogP) is 7.66. The van der Waals surface area contributed by atoms with E-state index in [9.17, 15) is 9.59 Å². The molecule has 2 aromatic heterocycles. The molecule has 11 heteroatoms. The zero-order chi connectivity index (χ0) is 32.4. The summed E-state index contributed by atoms with van der Waals surface area (Å²) in [5, 5.41) is 9.98. The van der Waals surface area contributed by atoms with Crippen LogP contribution in [0.4, 0.5) is 10.8 Å². The number of nitrogens with zero attached hydrogens (tertiary/aromatic N) is 4. The zero-order valence-electron chi connectivity index (χ0n) is 25.2. The second-order valence-electron chi connectivity index (χ2n) is 11.6.